The number of hydrogen-bond donors (Lipinski definition) is 3. The van der Waals surface area contributed by atoms with Crippen molar-refractivity contribution in [3.05, 3.63) is 104 Å². The molecular formula is C38H41Cl3N4O5. The molecule has 1 saturated heterocycles. The number of aromatic nitrogens is 1. The first-order valence-corrected chi connectivity index (χ1v) is 17.6. The summed E-state index contributed by atoms with van der Waals surface area (Å²) in [5, 5.41) is 33.4. The number of hydrogen-bond acceptors (Lipinski definition) is 9. The standard InChI is InChI=1S/C38H41Cl3N4O5/c1-38(2,24-46)44-20-28-15-32(39)35(16-34(28)49-22-26-14-25(17-42)18-43-19-26)50-23-27-6-3-7-30(36(27)40)31-8-4-9-33(37(31)41)48-13-5-11-45-12-10-29(47)21-45/h3-4,6-9,14-16,18-19,29,44,46-47H,5,10-13,20-24H2,1-2H3/t29-/m1/s1. The number of pyridine rings is 1. The molecule has 0 saturated carbocycles. The molecule has 1 atom stereocenters. The summed E-state index contributed by atoms with van der Waals surface area (Å²) < 4.78 is 18.5. The lowest BCUT2D eigenvalue weighted by Gasteiger charge is -2.24. The number of aliphatic hydroxyl groups is 2. The Morgan fingerprint density at radius 2 is 1.70 bits per heavy atom. The van der Waals surface area contributed by atoms with E-state index in [1.165, 1.54) is 6.20 Å². The Morgan fingerprint density at radius 1 is 0.940 bits per heavy atom. The average Bonchev–Trinajstić information content (AvgIpc) is 3.54. The predicted octanol–water partition coefficient (Wildman–Crippen LogP) is 7.43. The van der Waals surface area contributed by atoms with Crippen molar-refractivity contribution in [2.24, 2.45) is 0 Å². The molecule has 2 heterocycles. The number of ether oxygens (including phenoxy) is 3. The highest BCUT2D eigenvalue weighted by molar-refractivity contribution is 6.37. The van der Waals surface area contributed by atoms with E-state index in [2.05, 4.69) is 21.3 Å². The van der Waals surface area contributed by atoms with E-state index in [4.69, 9.17) is 49.0 Å². The lowest BCUT2D eigenvalue weighted by molar-refractivity contribution is 0.173. The van der Waals surface area contributed by atoms with Crippen LogP contribution in [0.3, 0.4) is 0 Å². The van der Waals surface area contributed by atoms with Crippen LogP contribution < -0.4 is 19.5 Å². The smallest absolute Gasteiger partial charge is 0.142 e. The molecule has 3 N–H and O–H groups in total. The minimum atomic E-state index is -0.529. The fourth-order valence-electron chi connectivity index (χ4n) is 5.51. The number of rotatable bonds is 16. The molecule has 0 bridgehead atoms. The van der Waals surface area contributed by atoms with Crippen LogP contribution in [0, 0.1) is 11.3 Å². The molecule has 5 rings (SSSR count). The second-order valence-corrected chi connectivity index (χ2v) is 14.1. The van der Waals surface area contributed by atoms with Gasteiger partial charge in [0.1, 0.15) is 36.5 Å². The van der Waals surface area contributed by atoms with Gasteiger partial charge in [-0.05, 0) is 44.9 Å². The molecule has 1 aliphatic heterocycles. The SMILES string of the molecule is CC(C)(CO)NCc1cc(Cl)c(OCc2cccc(-c3cccc(OCCCN4CC[C@@H](O)C4)c3Cl)c2Cl)cc1OCc1cncc(C#N)c1. The summed E-state index contributed by atoms with van der Waals surface area (Å²) in [6.07, 6.45) is 4.54. The van der Waals surface area contributed by atoms with Crippen molar-refractivity contribution in [2.45, 2.75) is 58.1 Å². The van der Waals surface area contributed by atoms with Gasteiger partial charge in [0, 0.05) is 78.0 Å². The van der Waals surface area contributed by atoms with Crippen LogP contribution in [0.2, 0.25) is 15.1 Å². The monoisotopic (exact) mass is 738 g/mol. The molecule has 4 aromatic rings. The Balaban J connectivity index is 1.30. The molecule has 1 aromatic heterocycles. The normalized spacial score (nSPS) is 14.8. The van der Waals surface area contributed by atoms with Gasteiger partial charge in [0.05, 0.1) is 39.9 Å². The first-order valence-electron chi connectivity index (χ1n) is 16.4. The van der Waals surface area contributed by atoms with Crippen LogP contribution in [0.4, 0.5) is 0 Å². The molecular weight excluding hydrogens is 699 g/mol. The van der Waals surface area contributed by atoms with Gasteiger partial charge in [-0.2, -0.15) is 5.26 Å². The molecule has 12 heteroatoms. The Morgan fingerprint density at radius 3 is 2.44 bits per heavy atom. The highest BCUT2D eigenvalue weighted by atomic mass is 35.5. The van der Waals surface area contributed by atoms with Crippen molar-refractivity contribution in [1.29, 1.82) is 5.26 Å². The second-order valence-electron chi connectivity index (χ2n) is 12.9. The predicted molar refractivity (Wildman–Crippen MR) is 196 cm³/mol. The fraction of sp³-hybridized carbons (Fsp3) is 0.368. The minimum Gasteiger partial charge on any atom is -0.492 e. The maximum absolute atomic E-state index is 9.76. The van der Waals surface area contributed by atoms with Gasteiger partial charge < -0.3 is 34.6 Å². The van der Waals surface area contributed by atoms with E-state index in [-0.39, 0.29) is 25.9 Å². The van der Waals surface area contributed by atoms with E-state index in [0.717, 1.165) is 53.7 Å². The lowest BCUT2D eigenvalue weighted by Crippen LogP contribution is -2.42. The maximum Gasteiger partial charge on any atom is 0.142 e. The fourth-order valence-corrected chi connectivity index (χ4v) is 6.31. The summed E-state index contributed by atoms with van der Waals surface area (Å²) in [6, 6.07) is 18.6. The first-order chi connectivity index (χ1) is 24.1. The summed E-state index contributed by atoms with van der Waals surface area (Å²) in [5.41, 5.74) is 3.62. The minimum absolute atomic E-state index is 0.0572. The molecule has 0 amide bonds. The molecule has 0 unspecified atom stereocenters. The van der Waals surface area contributed by atoms with E-state index in [0.29, 0.717) is 57.6 Å². The molecule has 0 spiro atoms. The highest BCUT2D eigenvalue weighted by Gasteiger charge is 2.21. The molecule has 264 valence electrons. The van der Waals surface area contributed by atoms with E-state index < -0.39 is 5.54 Å². The molecule has 50 heavy (non-hydrogen) atoms. The third-order valence-corrected chi connectivity index (χ3v) is 9.56. The summed E-state index contributed by atoms with van der Waals surface area (Å²) in [7, 11) is 0. The van der Waals surface area contributed by atoms with Gasteiger partial charge in [-0.3, -0.25) is 4.98 Å². The average molecular weight is 740 g/mol. The van der Waals surface area contributed by atoms with Crippen molar-refractivity contribution in [3.8, 4) is 34.4 Å². The second kappa shape index (κ2) is 17.6. The van der Waals surface area contributed by atoms with Crippen molar-refractivity contribution < 1.29 is 24.4 Å². The van der Waals surface area contributed by atoms with Crippen LogP contribution in [0.25, 0.3) is 11.1 Å². The number of β-amino-alcohol motifs (C(OH)–C–C–N with tert-alkyl or cyclic N) is 1. The molecule has 0 radical (unpaired) electrons. The third kappa shape index (κ3) is 10.0. The lowest BCUT2D eigenvalue weighted by atomic mass is 10.0. The summed E-state index contributed by atoms with van der Waals surface area (Å²) in [5.74, 6) is 1.50. The molecule has 0 aliphatic carbocycles. The van der Waals surface area contributed by atoms with Gasteiger partial charge in [-0.25, -0.2) is 0 Å². The number of nitriles is 1. The summed E-state index contributed by atoms with van der Waals surface area (Å²) >= 11 is 20.5. The van der Waals surface area contributed by atoms with Crippen LogP contribution in [0.15, 0.2) is 67.0 Å². The largest absolute Gasteiger partial charge is 0.492 e. The number of nitrogens with zero attached hydrogens (tertiary/aromatic N) is 3. The van der Waals surface area contributed by atoms with Crippen molar-refractivity contribution in [3.63, 3.8) is 0 Å². The van der Waals surface area contributed by atoms with Crippen molar-refractivity contribution >= 4 is 34.8 Å². The Bertz CT molecular complexity index is 1820. The number of likely N-dealkylation sites (tertiary alicyclic amines) is 1. The highest BCUT2D eigenvalue weighted by Crippen LogP contribution is 2.40. The Labute approximate surface area is 308 Å². The van der Waals surface area contributed by atoms with Crippen LogP contribution >= 0.6 is 34.8 Å². The van der Waals surface area contributed by atoms with E-state index in [9.17, 15) is 15.5 Å². The zero-order valence-corrected chi connectivity index (χ0v) is 30.4. The van der Waals surface area contributed by atoms with Gasteiger partial charge in [0.25, 0.3) is 0 Å². The number of halogens is 3. The zero-order valence-electron chi connectivity index (χ0n) is 28.1. The number of nitrogens with one attached hydrogen (secondary N) is 1. The summed E-state index contributed by atoms with van der Waals surface area (Å²) in [6.45, 7) is 7.36. The van der Waals surface area contributed by atoms with E-state index >= 15 is 0 Å². The molecule has 1 fully saturated rings. The van der Waals surface area contributed by atoms with E-state index in [1.807, 2.05) is 50.2 Å². The quantitative estimate of drug-likeness (QED) is 0.101. The van der Waals surface area contributed by atoms with Gasteiger partial charge in [-0.15, -0.1) is 0 Å². The Hall–Kier alpha value is -3.59. The number of aliphatic hydroxyl groups excluding tert-OH is 2. The van der Waals surface area contributed by atoms with Crippen LogP contribution in [0.1, 0.15) is 48.9 Å². The zero-order chi connectivity index (χ0) is 35.7. The van der Waals surface area contributed by atoms with Crippen molar-refractivity contribution in [2.75, 3.05) is 32.8 Å². The van der Waals surface area contributed by atoms with Crippen molar-refractivity contribution in [1.82, 2.24) is 15.2 Å². The van der Waals surface area contributed by atoms with Crippen LogP contribution in [-0.4, -0.2) is 64.6 Å². The van der Waals surface area contributed by atoms with Crippen LogP contribution in [0.5, 0.6) is 17.2 Å². The topological polar surface area (TPSA) is 120 Å². The molecule has 3 aromatic carbocycles. The van der Waals surface area contributed by atoms with Gasteiger partial charge in [0.15, 0.2) is 0 Å². The third-order valence-electron chi connectivity index (χ3n) is 8.43. The first kappa shape index (κ1) is 37.7. The van der Waals surface area contributed by atoms with E-state index in [1.54, 1.807) is 24.4 Å². The molecule has 1 aliphatic rings. The Kier molecular flexibility index (Phi) is 13.2. The van der Waals surface area contributed by atoms with Crippen LogP contribution in [-0.2, 0) is 19.8 Å². The number of benzene rings is 3. The van der Waals surface area contributed by atoms with Gasteiger partial charge in [-0.1, -0.05) is 65.1 Å². The van der Waals surface area contributed by atoms with Gasteiger partial charge >= 0.3 is 0 Å². The van der Waals surface area contributed by atoms with Gasteiger partial charge in [0.2, 0.25) is 0 Å². The molecule has 9 nitrogen and oxygen atoms in total. The summed E-state index contributed by atoms with van der Waals surface area (Å²) in [4.78, 5) is 6.36. The maximum atomic E-state index is 9.76.